The number of aryl methyl sites for hydroxylation is 1. The van der Waals surface area contributed by atoms with Crippen LogP contribution in [0.15, 0.2) is 16.7 Å². The number of hydrogen-bond donors (Lipinski definition) is 0. The zero-order chi connectivity index (χ0) is 12.5. The number of nitrogens with zero attached hydrogens (tertiary/aromatic N) is 2. The number of fused-ring (bicyclic) bond motifs is 1. The third-order valence-electron chi connectivity index (χ3n) is 4.07. The van der Waals surface area contributed by atoms with E-state index in [-0.39, 0.29) is 0 Å². The number of aromatic nitrogens is 1. The predicted octanol–water partition coefficient (Wildman–Crippen LogP) is 3.30. The third-order valence-corrected chi connectivity index (χ3v) is 5.05. The topological polar surface area (TPSA) is 25.4 Å². The Morgan fingerprint density at radius 3 is 3.11 bits per heavy atom. The molecule has 4 heteroatoms. The minimum absolute atomic E-state index is 0.404. The quantitative estimate of drug-likeness (QED) is 0.796. The van der Waals surface area contributed by atoms with Crippen molar-refractivity contribution in [3.8, 4) is 0 Å². The Hall–Kier alpha value is -0.610. The standard InChI is InChI=1S/C14H19BrN2O/c1-10-6-7-16-14(13(10)15)17-8-9-18-12-5-3-2-4-11(12)17/h6-7,11-12H,2-5,8-9H2,1H3. The number of ether oxygens (including phenoxy) is 1. The number of halogens is 1. The van der Waals surface area contributed by atoms with E-state index in [9.17, 15) is 0 Å². The van der Waals surface area contributed by atoms with Crippen molar-refractivity contribution in [3.63, 3.8) is 0 Å². The Kier molecular flexibility index (Phi) is 3.57. The first-order valence-electron chi connectivity index (χ1n) is 6.77. The Balaban J connectivity index is 1.92. The van der Waals surface area contributed by atoms with Crippen LogP contribution in [-0.2, 0) is 4.74 Å². The Morgan fingerprint density at radius 2 is 2.22 bits per heavy atom. The summed E-state index contributed by atoms with van der Waals surface area (Å²) in [5.74, 6) is 1.09. The van der Waals surface area contributed by atoms with Crippen LogP contribution in [0.5, 0.6) is 0 Å². The molecule has 98 valence electrons. The van der Waals surface area contributed by atoms with Crippen LogP contribution in [0, 0.1) is 6.92 Å². The molecule has 0 N–H and O–H groups in total. The van der Waals surface area contributed by atoms with E-state index < -0.39 is 0 Å². The van der Waals surface area contributed by atoms with Crippen molar-refractivity contribution in [2.45, 2.75) is 44.8 Å². The van der Waals surface area contributed by atoms with Crippen LogP contribution in [0.1, 0.15) is 31.2 Å². The minimum atomic E-state index is 0.404. The van der Waals surface area contributed by atoms with Crippen LogP contribution in [0.4, 0.5) is 5.82 Å². The first kappa shape index (κ1) is 12.4. The summed E-state index contributed by atoms with van der Waals surface area (Å²) in [6.07, 6.45) is 7.35. The Morgan fingerprint density at radius 1 is 1.39 bits per heavy atom. The highest BCUT2D eigenvalue weighted by atomic mass is 79.9. The van der Waals surface area contributed by atoms with Crippen LogP contribution in [0.3, 0.4) is 0 Å². The largest absolute Gasteiger partial charge is 0.374 e. The second-order valence-electron chi connectivity index (χ2n) is 5.22. The fraction of sp³-hybridized carbons (Fsp3) is 0.643. The maximum atomic E-state index is 5.92. The van der Waals surface area contributed by atoms with Gasteiger partial charge in [-0.3, -0.25) is 0 Å². The molecule has 2 atom stereocenters. The lowest BCUT2D eigenvalue weighted by molar-refractivity contribution is -0.00904. The number of anilines is 1. The molecular formula is C14H19BrN2O. The maximum Gasteiger partial charge on any atom is 0.143 e. The van der Waals surface area contributed by atoms with Crippen LogP contribution in [-0.4, -0.2) is 30.3 Å². The van der Waals surface area contributed by atoms with E-state index in [4.69, 9.17) is 4.74 Å². The maximum absolute atomic E-state index is 5.92. The van der Waals surface area contributed by atoms with Gasteiger partial charge in [0, 0.05) is 12.7 Å². The molecule has 2 unspecified atom stereocenters. The molecule has 2 heterocycles. The van der Waals surface area contributed by atoms with E-state index in [0.29, 0.717) is 12.1 Å². The molecule has 0 amide bonds. The van der Waals surface area contributed by atoms with E-state index in [1.165, 1.54) is 31.2 Å². The summed E-state index contributed by atoms with van der Waals surface area (Å²) in [6.45, 7) is 3.90. The second-order valence-corrected chi connectivity index (χ2v) is 6.01. The molecule has 3 nitrogen and oxygen atoms in total. The molecule has 0 bridgehead atoms. The molecule has 18 heavy (non-hydrogen) atoms. The number of hydrogen-bond acceptors (Lipinski definition) is 3. The molecule has 2 fully saturated rings. The van der Waals surface area contributed by atoms with Crippen molar-refractivity contribution < 1.29 is 4.74 Å². The van der Waals surface area contributed by atoms with Crippen molar-refractivity contribution in [2.24, 2.45) is 0 Å². The van der Waals surface area contributed by atoms with Crippen molar-refractivity contribution >= 4 is 21.7 Å². The van der Waals surface area contributed by atoms with E-state index in [1.807, 2.05) is 12.3 Å². The van der Waals surface area contributed by atoms with E-state index in [2.05, 4.69) is 32.7 Å². The van der Waals surface area contributed by atoms with Gasteiger partial charge in [-0.25, -0.2) is 4.98 Å². The molecule has 3 rings (SSSR count). The van der Waals surface area contributed by atoms with Crippen molar-refractivity contribution in [3.05, 3.63) is 22.3 Å². The number of morpholine rings is 1. The fourth-order valence-electron chi connectivity index (χ4n) is 3.09. The average Bonchev–Trinajstić information content (AvgIpc) is 2.41. The molecule has 1 aliphatic heterocycles. The Bertz CT molecular complexity index is 436. The van der Waals surface area contributed by atoms with Gasteiger partial charge in [0.2, 0.25) is 0 Å². The fourth-order valence-corrected chi connectivity index (χ4v) is 3.55. The van der Waals surface area contributed by atoms with Gasteiger partial charge in [-0.1, -0.05) is 12.8 Å². The highest BCUT2D eigenvalue weighted by Gasteiger charge is 2.35. The van der Waals surface area contributed by atoms with E-state index >= 15 is 0 Å². The summed E-state index contributed by atoms with van der Waals surface area (Å²) < 4.78 is 7.05. The molecule has 1 aliphatic carbocycles. The zero-order valence-corrected chi connectivity index (χ0v) is 12.3. The van der Waals surface area contributed by atoms with Crippen molar-refractivity contribution in [1.29, 1.82) is 0 Å². The SMILES string of the molecule is Cc1ccnc(N2CCOC3CCCCC32)c1Br. The van der Waals surface area contributed by atoms with Gasteiger partial charge in [0.1, 0.15) is 5.82 Å². The van der Waals surface area contributed by atoms with E-state index in [1.54, 1.807) is 0 Å². The van der Waals surface area contributed by atoms with Crippen LogP contribution >= 0.6 is 15.9 Å². The molecule has 1 saturated heterocycles. The summed E-state index contributed by atoms with van der Waals surface area (Å²) in [5.41, 5.74) is 1.25. The molecular weight excluding hydrogens is 292 g/mol. The molecule has 0 radical (unpaired) electrons. The molecule has 0 spiro atoms. The van der Waals surface area contributed by atoms with Gasteiger partial charge in [0.05, 0.1) is 23.2 Å². The van der Waals surface area contributed by atoms with Gasteiger partial charge in [0.25, 0.3) is 0 Å². The van der Waals surface area contributed by atoms with Gasteiger partial charge in [0.15, 0.2) is 0 Å². The average molecular weight is 311 g/mol. The van der Waals surface area contributed by atoms with Gasteiger partial charge >= 0.3 is 0 Å². The highest BCUT2D eigenvalue weighted by molar-refractivity contribution is 9.10. The molecule has 1 aromatic rings. The monoisotopic (exact) mass is 310 g/mol. The smallest absolute Gasteiger partial charge is 0.143 e. The van der Waals surface area contributed by atoms with Gasteiger partial charge in [-0.05, 0) is 47.3 Å². The summed E-state index contributed by atoms with van der Waals surface area (Å²) in [4.78, 5) is 7.03. The summed E-state index contributed by atoms with van der Waals surface area (Å²) in [5, 5.41) is 0. The van der Waals surface area contributed by atoms with Crippen LogP contribution < -0.4 is 4.90 Å². The van der Waals surface area contributed by atoms with Crippen molar-refractivity contribution in [1.82, 2.24) is 4.98 Å². The summed E-state index contributed by atoms with van der Waals surface area (Å²) in [6, 6.07) is 2.56. The van der Waals surface area contributed by atoms with Crippen LogP contribution in [0.2, 0.25) is 0 Å². The highest BCUT2D eigenvalue weighted by Crippen LogP contribution is 2.35. The first-order chi connectivity index (χ1) is 8.77. The normalized spacial score (nSPS) is 28.0. The molecule has 2 aliphatic rings. The Labute approximate surface area is 117 Å². The lowest BCUT2D eigenvalue weighted by Gasteiger charge is -2.44. The summed E-state index contributed by atoms with van der Waals surface area (Å²) in [7, 11) is 0. The lowest BCUT2D eigenvalue weighted by Crippen LogP contribution is -2.53. The van der Waals surface area contributed by atoms with E-state index in [0.717, 1.165) is 23.4 Å². The third kappa shape index (κ3) is 2.16. The first-order valence-corrected chi connectivity index (χ1v) is 7.56. The number of rotatable bonds is 1. The van der Waals surface area contributed by atoms with Gasteiger partial charge in [-0.2, -0.15) is 0 Å². The molecule has 1 aromatic heterocycles. The van der Waals surface area contributed by atoms with Crippen molar-refractivity contribution in [2.75, 3.05) is 18.1 Å². The summed E-state index contributed by atoms with van der Waals surface area (Å²) >= 11 is 3.69. The molecule has 0 aromatic carbocycles. The zero-order valence-electron chi connectivity index (χ0n) is 10.7. The van der Waals surface area contributed by atoms with Gasteiger partial charge < -0.3 is 9.64 Å². The van der Waals surface area contributed by atoms with Crippen LogP contribution in [0.25, 0.3) is 0 Å². The van der Waals surface area contributed by atoms with Gasteiger partial charge in [-0.15, -0.1) is 0 Å². The number of pyridine rings is 1. The molecule has 1 saturated carbocycles. The predicted molar refractivity (Wildman–Crippen MR) is 76.0 cm³/mol. The minimum Gasteiger partial charge on any atom is -0.374 e. The lowest BCUT2D eigenvalue weighted by atomic mass is 9.90. The second kappa shape index (κ2) is 5.17.